The van der Waals surface area contributed by atoms with Crippen molar-refractivity contribution < 1.29 is 18.0 Å². The van der Waals surface area contributed by atoms with Crippen LogP contribution in [0, 0.1) is 0 Å². The molecule has 3 rings (SSSR count). The molecule has 2 amide bonds. The molecule has 0 saturated carbocycles. The van der Waals surface area contributed by atoms with Gasteiger partial charge in [-0.2, -0.15) is 4.31 Å². The molecule has 0 radical (unpaired) electrons. The highest BCUT2D eigenvalue weighted by Crippen LogP contribution is 2.19. The Morgan fingerprint density at radius 3 is 1.85 bits per heavy atom. The molecule has 2 fully saturated rings. The zero-order valence-electron chi connectivity index (χ0n) is 15.8. The number of piperazine rings is 2. The number of hydrogen-bond acceptors (Lipinski definition) is 5. The molecule has 0 aromatic heterocycles. The van der Waals surface area contributed by atoms with E-state index in [1.807, 2.05) is 7.05 Å². The second-order valence-corrected chi connectivity index (χ2v) is 8.97. The van der Waals surface area contributed by atoms with Crippen LogP contribution in [-0.2, 0) is 14.8 Å². The number of rotatable bonds is 3. The van der Waals surface area contributed by atoms with Gasteiger partial charge in [-0.15, -0.1) is 0 Å². The Kier molecular flexibility index (Phi) is 5.83. The van der Waals surface area contributed by atoms with Crippen molar-refractivity contribution >= 4 is 21.8 Å². The van der Waals surface area contributed by atoms with Crippen LogP contribution in [0.15, 0.2) is 29.2 Å². The quantitative estimate of drug-likeness (QED) is 0.717. The van der Waals surface area contributed by atoms with E-state index in [4.69, 9.17) is 0 Å². The first-order valence-corrected chi connectivity index (χ1v) is 10.6. The summed E-state index contributed by atoms with van der Waals surface area (Å²) in [4.78, 5) is 29.8. The van der Waals surface area contributed by atoms with Crippen molar-refractivity contribution in [1.29, 1.82) is 0 Å². The van der Waals surface area contributed by atoms with Crippen LogP contribution >= 0.6 is 0 Å². The van der Waals surface area contributed by atoms with Gasteiger partial charge in [0.05, 0.1) is 4.90 Å². The minimum absolute atomic E-state index is 0.0428. The second kappa shape index (κ2) is 7.95. The van der Waals surface area contributed by atoms with Gasteiger partial charge in [0.15, 0.2) is 0 Å². The van der Waals surface area contributed by atoms with E-state index in [9.17, 15) is 18.0 Å². The van der Waals surface area contributed by atoms with Crippen molar-refractivity contribution in [3.05, 3.63) is 29.8 Å². The lowest BCUT2D eigenvalue weighted by atomic mass is 10.2. The van der Waals surface area contributed by atoms with Crippen molar-refractivity contribution in [3.8, 4) is 0 Å². The van der Waals surface area contributed by atoms with E-state index in [0.717, 1.165) is 13.1 Å². The maximum Gasteiger partial charge on any atom is 0.253 e. The lowest BCUT2D eigenvalue weighted by Gasteiger charge is -2.33. The molecule has 0 bridgehead atoms. The first kappa shape index (κ1) is 19.8. The number of nitrogens with zero attached hydrogens (tertiary/aromatic N) is 4. The number of carbonyl (C=O) groups excluding carboxylic acids is 2. The minimum Gasteiger partial charge on any atom is -0.340 e. The first-order chi connectivity index (χ1) is 12.8. The largest absolute Gasteiger partial charge is 0.340 e. The van der Waals surface area contributed by atoms with Gasteiger partial charge in [0, 0.05) is 64.8 Å². The molecule has 8 nitrogen and oxygen atoms in total. The molecule has 0 atom stereocenters. The average molecular weight is 394 g/mol. The molecular formula is C18H26N4O4S. The van der Waals surface area contributed by atoms with E-state index in [1.165, 1.54) is 23.4 Å². The van der Waals surface area contributed by atoms with Gasteiger partial charge in [0.1, 0.15) is 0 Å². The Balaban J connectivity index is 1.67. The van der Waals surface area contributed by atoms with Crippen molar-refractivity contribution in [2.24, 2.45) is 0 Å². The van der Waals surface area contributed by atoms with Gasteiger partial charge in [-0.1, -0.05) is 0 Å². The molecule has 1 aromatic rings. The fraction of sp³-hybridized carbons (Fsp3) is 0.556. The Bertz CT molecular complexity index is 793. The standard InChI is InChI=1S/C18H26N4O4S/c1-15(23)20-11-13-22(14-12-20)27(25,26)17-5-3-16(4-6-17)18(24)21-9-7-19(2)8-10-21/h3-6H,7-14H2,1-2H3. The fourth-order valence-electron chi connectivity index (χ4n) is 3.35. The molecule has 9 heteroatoms. The third kappa shape index (κ3) is 4.31. The Morgan fingerprint density at radius 2 is 1.33 bits per heavy atom. The molecule has 0 unspecified atom stereocenters. The number of likely N-dealkylation sites (N-methyl/N-ethyl adjacent to an activating group) is 1. The summed E-state index contributed by atoms with van der Waals surface area (Å²) in [5.74, 6) is -0.110. The lowest BCUT2D eigenvalue weighted by Crippen LogP contribution is -2.49. The Morgan fingerprint density at radius 1 is 0.815 bits per heavy atom. The Labute approximate surface area is 160 Å². The molecule has 2 aliphatic heterocycles. The summed E-state index contributed by atoms with van der Waals surface area (Å²) in [6.07, 6.45) is 0. The zero-order valence-corrected chi connectivity index (χ0v) is 16.6. The molecule has 2 aliphatic rings. The highest BCUT2D eigenvalue weighted by Gasteiger charge is 2.29. The summed E-state index contributed by atoms with van der Waals surface area (Å²) in [5.41, 5.74) is 0.500. The van der Waals surface area contributed by atoms with Crippen LogP contribution in [0.3, 0.4) is 0 Å². The van der Waals surface area contributed by atoms with Crippen LogP contribution < -0.4 is 0 Å². The van der Waals surface area contributed by atoms with Crippen LogP contribution in [0.5, 0.6) is 0 Å². The average Bonchev–Trinajstić information content (AvgIpc) is 2.68. The SMILES string of the molecule is CC(=O)N1CCN(S(=O)(=O)c2ccc(C(=O)N3CCN(C)CC3)cc2)CC1. The highest BCUT2D eigenvalue weighted by molar-refractivity contribution is 7.89. The predicted octanol–water partition coefficient (Wildman–Crippen LogP) is -0.0730. The first-order valence-electron chi connectivity index (χ1n) is 9.12. The summed E-state index contributed by atoms with van der Waals surface area (Å²) in [6, 6.07) is 6.16. The summed E-state index contributed by atoms with van der Waals surface area (Å²) in [5, 5.41) is 0. The fourth-order valence-corrected chi connectivity index (χ4v) is 4.78. The van der Waals surface area contributed by atoms with E-state index in [1.54, 1.807) is 21.9 Å². The summed E-state index contributed by atoms with van der Waals surface area (Å²) in [6.45, 7) is 5.87. The number of hydrogen-bond donors (Lipinski definition) is 0. The topological polar surface area (TPSA) is 81.2 Å². The van der Waals surface area contributed by atoms with Crippen LogP contribution in [0.2, 0.25) is 0 Å². The molecule has 0 aliphatic carbocycles. The zero-order chi connectivity index (χ0) is 19.6. The second-order valence-electron chi connectivity index (χ2n) is 7.03. The van der Waals surface area contributed by atoms with Crippen molar-refractivity contribution in [2.45, 2.75) is 11.8 Å². The number of carbonyl (C=O) groups is 2. The minimum atomic E-state index is -3.62. The molecule has 0 N–H and O–H groups in total. The molecule has 1 aromatic carbocycles. The van der Waals surface area contributed by atoms with Gasteiger partial charge in [0.25, 0.3) is 5.91 Å². The van der Waals surface area contributed by atoms with Gasteiger partial charge in [0.2, 0.25) is 15.9 Å². The van der Waals surface area contributed by atoms with Gasteiger partial charge < -0.3 is 14.7 Å². The monoisotopic (exact) mass is 394 g/mol. The summed E-state index contributed by atoms with van der Waals surface area (Å²) < 4.78 is 27.0. The van der Waals surface area contributed by atoms with Crippen molar-refractivity contribution in [3.63, 3.8) is 0 Å². The lowest BCUT2D eigenvalue weighted by molar-refractivity contribution is -0.129. The maximum atomic E-state index is 12.8. The van der Waals surface area contributed by atoms with Gasteiger partial charge in [-0.3, -0.25) is 9.59 Å². The Hall–Kier alpha value is -1.97. The van der Waals surface area contributed by atoms with Crippen LogP contribution in [0.25, 0.3) is 0 Å². The van der Waals surface area contributed by atoms with Gasteiger partial charge in [-0.05, 0) is 31.3 Å². The van der Waals surface area contributed by atoms with Crippen LogP contribution in [0.4, 0.5) is 0 Å². The predicted molar refractivity (Wildman–Crippen MR) is 101 cm³/mol. The van der Waals surface area contributed by atoms with Crippen LogP contribution in [0.1, 0.15) is 17.3 Å². The van der Waals surface area contributed by atoms with Crippen molar-refractivity contribution in [1.82, 2.24) is 19.0 Å². The normalized spacial score (nSPS) is 19.9. The summed E-state index contributed by atoms with van der Waals surface area (Å²) >= 11 is 0. The molecule has 27 heavy (non-hydrogen) atoms. The molecule has 148 valence electrons. The van der Waals surface area contributed by atoms with E-state index >= 15 is 0 Å². The van der Waals surface area contributed by atoms with E-state index < -0.39 is 10.0 Å². The third-order valence-electron chi connectivity index (χ3n) is 5.21. The van der Waals surface area contributed by atoms with E-state index in [0.29, 0.717) is 31.7 Å². The summed E-state index contributed by atoms with van der Waals surface area (Å²) in [7, 11) is -1.60. The van der Waals surface area contributed by atoms with E-state index in [-0.39, 0.29) is 29.8 Å². The smallest absolute Gasteiger partial charge is 0.253 e. The van der Waals surface area contributed by atoms with Crippen LogP contribution in [-0.4, -0.2) is 98.6 Å². The third-order valence-corrected chi connectivity index (χ3v) is 7.13. The number of benzene rings is 1. The number of amides is 2. The van der Waals surface area contributed by atoms with E-state index in [2.05, 4.69) is 4.90 Å². The van der Waals surface area contributed by atoms with Crippen molar-refractivity contribution in [2.75, 3.05) is 59.4 Å². The number of sulfonamides is 1. The maximum absolute atomic E-state index is 12.8. The van der Waals surface area contributed by atoms with Gasteiger partial charge in [-0.25, -0.2) is 8.42 Å². The van der Waals surface area contributed by atoms with Gasteiger partial charge >= 0.3 is 0 Å². The molecule has 0 spiro atoms. The highest BCUT2D eigenvalue weighted by atomic mass is 32.2. The molecule has 2 saturated heterocycles. The molecule has 2 heterocycles. The molecular weight excluding hydrogens is 368 g/mol.